The molecule has 3 rings (SSSR count). The minimum Gasteiger partial charge on any atom is -0.316 e. The lowest BCUT2D eigenvalue weighted by Crippen LogP contribution is -2.29. The highest BCUT2D eigenvalue weighted by Gasteiger charge is 2.31. The van der Waals surface area contributed by atoms with E-state index in [2.05, 4.69) is 25.8 Å². The van der Waals surface area contributed by atoms with Crippen LogP contribution in [0.25, 0.3) is 0 Å². The molecule has 0 atom stereocenters. The number of hydrogen-bond acceptors (Lipinski definition) is 4. The van der Waals surface area contributed by atoms with Gasteiger partial charge in [-0.25, -0.2) is 0 Å². The van der Waals surface area contributed by atoms with Crippen LogP contribution < -0.4 is 10.6 Å². The molecule has 0 bridgehead atoms. The Kier molecular flexibility index (Phi) is 3.96. The second-order valence-electron chi connectivity index (χ2n) is 5.35. The zero-order valence-corrected chi connectivity index (χ0v) is 12.1. The van der Waals surface area contributed by atoms with Crippen molar-refractivity contribution in [2.75, 3.05) is 10.6 Å². The van der Waals surface area contributed by atoms with Gasteiger partial charge in [0.25, 0.3) is 0 Å². The third-order valence-electron chi connectivity index (χ3n) is 3.39. The summed E-state index contributed by atoms with van der Waals surface area (Å²) in [5.74, 6) is -1.58. The number of hydrogen-bond donors (Lipinski definition) is 3. The summed E-state index contributed by atoms with van der Waals surface area (Å²) in [7, 11) is 0. The Morgan fingerprint density at radius 1 is 1.12 bits per heavy atom. The molecular weight excluding hydrogens is 327 g/mol. The lowest BCUT2D eigenvalue weighted by atomic mass is 10.2. The number of halogens is 3. The van der Waals surface area contributed by atoms with Gasteiger partial charge in [0, 0.05) is 23.9 Å². The van der Waals surface area contributed by atoms with Crippen LogP contribution in [-0.2, 0) is 15.8 Å². The zero-order chi connectivity index (χ0) is 17.3. The van der Waals surface area contributed by atoms with Crippen LogP contribution in [0.4, 0.5) is 24.7 Å². The van der Waals surface area contributed by atoms with Crippen LogP contribution in [0.1, 0.15) is 30.0 Å². The molecule has 1 fully saturated rings. The summed E-state index contributed by atoms with van der Waals surface area (Å²) in [6, 6.07) is 2.31. The Balaban J connectivity index is 1.62. The monoisotopic (exact) mass is 339 g/mol. The van der Waals surface area contributed by atoms with Crippen molar-refractivity contribution in [1.82, 2.24) is 15.2 Å². The van der Waals surface area contributed by atoms with E-state index in [1.165, 1.54) is 0 Å². The van der Waals surface area contributed by atoms with Crippen LogP contribution >= 0.6 is 0 Å². The third-order valence-corrected chi connectivity index (χ3v) is 3.39. The van der Waals surface area contributed by atoms with Gasteiger partial charge in [-0.3, -0.25) is 19.7 Å². The maximum atomic E-state index is 12.6. The van der Waals surface area contributed by atoms with Crippen molar-refractivity contribution >= 4 is 23.3 Å². The maximum absolute atomic E-state index is 12.6. The van der Waals surface area contributed by atoms with Gasteiger partial charge < -0.3 is 10.6 Å². The Labute approximate surface area is 133 Å². The molecular formula is C14H12F3N5O2. The number of pyridine rings is 1. The van der Waals surface area contributed by atoms with Gasteiger partial charge in [-0.2, -0.15) is 18.3 Å². The molecule has 1 aliphatic rings. The number of carbonyl (C=O) groups excluding carboxylic acids is 2. The van der Waals surface area contributed by atoms with Crippen molar-refractivity contribution in [3.05, 3.63) is 35.8 Å². The number of aromatic nitrogens is 3. The van der Waals surface area contributed by atoms with Crippen molar-refractivity contribution < 1.29 is 22.8 Å². The second-order valence-corrected chi connectivity index (χ2v) is 5.35. The fraction of sp³-hybridized carbons (Fsp3) is 0.286. The molecule has 2 aromatic heterocycles. The summed E-state index contributed by atoms with van der Waals surface area (Å²) in [6.45, 7) is 0. The largest absolute Gasteiger partial charge is 0.417 e. The smallest absolute Gasteiger partial charge is 0.316 e. The molecule has 2 aromatic rings. The van der Waals surface area contributed by atoms with E-state index in [1.807, 2.05) is 0 Å². The minimum absolute atomic E-state index is 0.180. The maximum Gasteiger partial charge on any atom is 0.417 e. The van der Waals surface area contributed by atoms with E-state index in [4.69, 9.17) is 0 Å². The number of H-pyrrole nitrogens is 1. The zero-order valence-electron chi connectivity index (χ0n) is 12.1. The van der Waals surface area contributed by atoms with Gasteiger partial charge in [0.15, 0.2) is 5.82 Å². The molecule has 0 aliphatic heterocycles. The van der Waals surface area contributed by atoms with Crippen LogP contribution in [0.15, 0.2) is 24.5 Å². The highest BCUT2D eigenvalue weighted by molar-refractivity contribution is 6.43. The number of nitrogens with zero attached hydrogens (tertiary/aromatic N) is 2. The summed E-state index contributed by atoms with van der Waals surface area (Å²) in [4.78, 5) is 26.9. The normalized spacial score (nSPS) is 14.3. The van der Waals surface area contributed by atoms with E-state index in [9.17, 15) is 22.8 Å². The van der Waals surface area contributed by atoms with Crippen LogP contribution in [-0.4, -0.2) is 27.0 Å². The van der Waals surface area contributed by atoms with E-state index in [1.54, 1.807) is 6.07 Å². The molecule has 3 N–H and O–H groups in total. The standard InChI is InChI=1S/C14H12F3N5O2/c15-14(16,17)8-3-9(6-18-5-8)19-12(23)13(24)20-11-4-10(21-22-11)7-1-2-7/h3-7H,1-2H2,(H,19,23)(H2,20,21,22,24). The predicted molar refractivity (Wildman–Crippen MR) is 77.1 cm³/mol. The summed E-state index contributed by atoms with van der Waals surface area (Å²) in [6.07, 6.45) is -0.875. The Bertz CT molecular complexity index is 783. The quantitative estimate of drug-likeness (QED) is 0.747. The molecule has 7 nitrogen and oxygen atoms in total. The third kappa shape index (κ3) is 3.70. The summed E-state index contributed by atoms with van der Waals surface area (Å²) < 4.78 is 37.7. The average molecular weight is 339 g/mol. The Morgan fingerprint density at radius 2 is 1.83 bits per heavy atom. The van der Waals surface area contributed by atoms with E-state index in [0.29, 0.717) is 18.2 Å². The highest BCUT2D eigenvalue weighted by Crippen LogP contribution is 2.39. The van der Waals surface area contributed by atoms with Gasteiger partial charge in [0.1, 0.15) is 0 Å². The second kappa shape index (κ2) is 5.95. The first-order valence-corrected chi connectivity index (χ1v) is 7.03. The summed E-state index contributed by atoms with van der Waals surface area (Å²) in [5, 5.41) is 10.9. The van der Waals surface area contributed by atoms with Gasteiger partial charge in [0.2, 0.25) is 0 Å². The lowest BCUT2D eigenvalue weighted by Gasteiger charge is -2.08. The topological polar surface area (TPSA) is 99.8 Å². The van der Waals surface area contributed by atoms with E-state index in [0.717, 1.165) is 24.7 Å². The van der Waals surface area contributed by atoms with Gasteiger partial charge in [-0.15, -0.1) is 0 Å². The molecule has 0 aromatic carbocycles. The summed E-state index contributed by atoms with van der Waals surface area (Å²) in [5.41, 5.74) is -0.388. The van der Waals surface area contributed by atoms with E-state index in [-0.39, 0.29) is 11.5 Å². The van der Waals surface area contributed by atoms with Crippen molar-refractivity contribution in [2.24, 2.45) is 0 Å². The fourth-order valence-corrected chi connectivity index (χ4v) is 2.03. The van der Waals surface area contributed by atoms with Gasteiger partial charge in [-0.05, 0) is 18.9 Å². The van der Waals surface area contributed by atoms with Gasteiger partial charge in [-0.1, -0.05) is 0 Å². The lowest BCUT2D eigenvalue weighted by molar-refractivity contribution is -0.137. The molecule has 2 heterocycles. The van der Waals surface area contributed by atoms with E-state index < -0.39 is 23.6 Å². The van der Waals surface area contributed by atoms with Gasteiger partial charge >= 0.3 is 18.0 Å². The Hall–Kier alpha value is -2.91. The van der Waals surface area contributed by atoms with Crippen molar-refractivity contribution in [3.63, 3.8) is 0 Å². The van der Waals surface area contributed by atoms with E-state index >= 15 is 0 Å². The Morgan fingerprint density at radius 3 is 2.50 bits per heavy atom. The van der Waals surface area contributed by atoms with Crippen molar-refractivity contribution in [3.8, 4) is 0 Å². The predicted octanol–water partition coefficient (Wildman–Crippen LogP) is 2.28. The number of carbonyl (C=O) groups is 2. The molecule has 126 valence electrons. The number of rotatable bonds is 3. The number of aromatic amines is 1. The molecule has 0 radical (unpaired) electrons. The SMILES string of the molecule is O=C(Nc1cncc(C(F)(F)F)c1)C(=O)Nc1cc(C2CC2)[nH]n1. The molecule has 2 amide bonds. The molecule has 24 heavy (non-hydrogen) atoms. The first-order valence-electron chi connectivity index (χ1n) is 7.03. The average Bonchev–Trinajstić information content (AvgIpc) is 3.27. The number of anilines is 2. The first-order chi connectivity index (χ1) is 11.3. The van der Waals surface area contributed by atoms with Gasteiger partial charge in [0.05, 0.1) is 17.4 Å². The van der Waals surface area contributed by atoms with Crippen molar-refractivity contribution in [1.29, 1.82) is 0 Å². The first kappa shape index (κ1) is 16.0. The summed E-state index contributed by atoms with van der Waals surface area (Å²) >= 11 is 0. The molecule has 10 heteroatoms. The minimum atomic E-state index is -4.59. The van der Waals surface area contributed by atoms with Crippen LogP contribution in [0, 0.1) is 0 Å². The number of amides is 2. The number of alkyl halides is 3. The highest BCUT2D eigenvalue weighted by atomic mass is 19.4. The molecule has 0 spiro atoms. The number of nitrogens with one attached hydrogen (secondary N) is 3. The van der Waals surface area contributed by atoms with Crippen LogP contribution in [0.5, 0.6) is 0 Å². The molecule has 0 unspecified atom stereocenters. The van der Waals surface area contributed by atoms with Crippen molar-refractivity contribution in [2.45, 2.75) is 24.9 Å². The molecule has 1 aliphatic carbocycles. The van der Waals surface area contributed by atoms with Crippen LogP contribution in [0.2, 0.25) is 0 Å². The molecule has 1 saturated carbocycles. The fourth-order valence-electron chi connectivity index (χ4n) is 2.03. The van der Waals surface area contributed by atoms with Crippen LogP contribution in [0.3, 0.4) is 0 Å². The molecule has 0 saturated heterocycles.